The van der Waals surface area contributed by atoms with E-state index in [4.69, 9.17) is 15.2 Å². The number of aromatic amines is 1. The van der Waals surface area contributed by atoms with E-state index in [9.17, 15) is 0 Å². The molecule has 2 aromatic rings. The monoisotopic (exact) mass is 259 g/mol. The first kappa shape index (κ1) is 12.0. The Morgan fingerprint density at radius 3 is 2.79 bits per heavy atom. The molecule has 0 saturated carbocycles. The highest BCUT2D eigenvalue weighted by molar-refractivity contribution is 5.76. The van der Waals surface area contributed by atoms with E-state index in [1.807, 2.05) is 24.3 Å². The summed E-state index contributed by atoms with van der Waals surface area (Å²) in [6.07, 6.45) is 2.15. The van der Waals surface area contributed by atoms with Crippen molar-refractivity contribution in [3.8, 4) is 16.9 Å². The van der Waals surface area contributed by atoms with Crippen molar-refractivity contribution < 1.29 is 9.47 Å². The Morgan fingerprint density at radius 1 is 1.37 bits per heavy atom. The quantitative estimate of drug-likeness (QED) is 0.888. The minimum Gasteiger partial charge on any atom is -0.497 e. The number of hydrogen-bond donors (Lipinski definition) is 2. The molecular weight excluding hydrogens is 242 g/mol. The molecule has 0 spiro atoms. The number of aromatic nitrogens is 2. The number of H-pyrrole nitrogens is 1. The van der Waals surface area contributed by atoms with Crippen LogP contribution in [0.5, 0.6) is 5.75 Å². The fraction of sp³-hybridized carbons (Fsp3) is 0.357. The van der Waals surface area contributed by atoms with Gasteiger partial charge in [0, 0.05) is 12.2 Å². The third kappa shape index (κ3) is 2.17. The van der Waals surface area contributed by atoms with Gasteiger partial charge >= 0.3 is 0 Å². The smallest absolute Gasteiger partial charge is 0.153 e. The molecule has 19 heavy (non-hydrogen) atoms. The average Bonchev–Trinajstić information content (AvgIpc) is 3.08. The molecule has 1 fully saturated rings. The number of nitrogen functional groups attached to an aromatic ring is 1. The van der Waals surface area contributed by atoms with Gasteiger partial charge in [-0.2, -0.15) is 5.10 Å². The number of ether oxygens (including phenoxy) is 2. The molecule has 0 aliphatic carbocycles. The number of nitrogens with one attached hydrogen (secondary N) is 1. The van der Waals surface area contributed by atoms with Gasteiger partial charge in [-0.05, 0) is 30.5 Å². The van der Waals surface area contributed by atoms with E-state index in [0.29, 0.717) is 5.82 Å². The number of rotatable bonds is 3. The predicted octanol–water partition coefficient (Wildman–Crippen LogP) is 2.52. The highest BCUT2D eigenvalue weighted by Crippen LogP contribution is 2.37. The van der Waals surface area contributed by atoms with Crippen LogP contribution in [0.3, 0.4) is 0 Å². The lowest BCUT2D eigenvalue weighted by atomic mass is 10.0. The summed E-state index contributed by atoms with van der Waals surface area (Å²) >= 11 is 0. The Labute approximate surface area is 111 Å². The van der Waals surface area contributed by atoms with Gasteiger partial charge in [-0.1, -0.05) is 12.1 Å². The fourth-order valence-corrected chi connectivity index (χ4v) is 2.47. The number of hydrogen-bond acceptors (Lipinski definition) is 4. The molecule has 1 aliphatic heterocycles. The van der Waals surface area contributed by atoms with Crippen LogP contribution in [-0.2, 0) is 4.74 Å². The van der Waals surface area contributed by atoms with Gasteiger partial charge < -0.3 is 15.2 Å². The molecule has 0 amide bonds. The van der Waals surface area contributed by atoms with Crippen LogP contribution in [-0.4, -0.2) is 23.9 Å². The molecule has 5 nitrogen and oxygen atoms in total. The SMILES string of the molecule is COc1ccc(-c2c(N)n[nH]c2C2CCCO2)cc1. The molecule has 3 N–H and O–H groups in total. The minimum atomic E-state index is 0.0712. The van der Waals surface area contributed by atoms with Crippen molar-refractivity contribution in [2.75, 3.05) is 19.5 Å². The molecule has 0 bridgehead atoms. The Morgan fingerprint density at radius 2 is 2.16 bits per heavy atom. The van der Waals surface area contributed by atoms with Crippen LogP contribution >= 0.6 is 0 Å². The van der Waals surface area contributed by atoms with Crippen molar-refractivity contribution in [3.05, 3.63) is 30.0 Å². The van der Waals surface area contributed by atoms with Crippen molar-refractivity contribution in [3.63, 3.8) is 0 Å². The van der Waals surface area contributed by atoms with Crippen LogP contribution < -0.4 is 10.5 Å². The average molecular weight is 259 g/mol. The first-order chi connectivity index (χ1) is 9.29. The maximum Gasteiger partial charge on any atom is 0.153 e. The maximum absolute atomic E-state index is 5.98. The molecule has 1 unspecified atom stereocenters. The molecule has 0 radical (unpaired) electrons. The summed E-state index contributed by atoms with van der Waals surface area (Å²) in [5.74, 6) is 1.33. The first-order valence-corrected chi connectivity index (χ1v) is 6.39. The van der Waals surface area contributed by atoms with Gasteiger partial charge in [-0.25, -0.2) is 0 Å². The van der Waals surface area contributed by atoms with Gasteiger partial charge in [-0.15, -0.1) is 0 Å². The largest absolute Gasteiger partial charge is 0.497 e. The second-order valence-corrected chi connectivity index (χ2v) is 4.63. The summed E-state index contributed by atoms with van der Waals surface area (Å²) < 4.78 is 10.9. The molecule has 100 valence electrons. The number of anilines is 1. The lowest BCUT2D eigenvalue weighted by molar-refractivity contribution is 0.109. The van der Waals surface area contributed by atoms with Crippen molar-refractivity contribution in [2.45, 2.75) is 18.9 Å². The van der Waals surface area contributed by atoms with Crippen LogP contribution in [0.15, 0.2) is 24.3 Å². The molecule has 2 heterocycles. The van der Waals surface area contributed by atoms with Crippen molar-refractivity contribution >= 4 is 5.82 Å². The lowest BCUT2D eigenvalue weighted by Gasteiger charge is -2.10. The summed E-state index contributed by atoms with van der Waals surface area (Å²) in [4.78, 5) is 0. The third-order valence-corrected chi connectivity index (χ3v) is 3.45. The standard InChI is InChI=1S/C14H17N3O2/c1-18-10-6-4-9(5-7-10)12-13(16-17-14(12)15)11-3-2-8-19-11/h4-7,11H,2-3,8H2,1H3,(H3,15,16,17). The Balaban J connectivity index is 2.00. The second kappa shape index (κ2) is 4.93. The Hall–Kier alpha value is -2.01. The van der Waals surface area contributed by atoms with E-state index in [1.165, 1.54) is 0 Å². The highest BCUT2D eigenvalue weighted by Gasteiger charge is 2.25. The number of methoxy groups -OCH3 is 1. The van der Waals surface area contributed by atoms with Crippen LogP contribution in [0, 0.1) is 0 Å². The summed E-state index contributed by atoms with van der Waals surface area (Å²) in [6.45, 7) is 0.797. The second-order valence-electron chi connectivity index (χ2n) is 4.63. The zero-order chi connectivity index (χ0) is 13.2. The molecule has 3 rings (SSSR count). The summed E-state index contributed by atoms with van der Waals surface area (Å²) in [5.41, 5.74) is 8.92. The Bertz CT molecular complexity index is 557. The molecule has 1 aromatic carbocycles. The summed E-state index contributed by atoms with van der Waals surface area (Å²) in [6, 6.07) is 7.80. The van der Waals surface area contributed by atoms with E-state index in [2.05, 4.69) is 10.2 Å². The molecule has 1 aromatic heterocycles. The van der Waals surface area contributed by atoms with Crippen molar-refractivity contribution in [1.82, 2.24) is 10.2 Å². The van der Waals surface area contributed by atoms with Crippen LogP contribution in [0.1, 0.15) is 24.6 Å². The predicted molar refractivity (Wildman–Crippen MR) is 72.9 cm³/mol. The zero-order valence-corrected chi connectivity index (χ0v) is 10.8. The van der Waals surface area contributed by atoms with E-state index in [-0.39, 0.29) is 6.10 Å². The number of benzene rings is 1. The van der Waals surface area contributed by atoms with E-state index >= 15 is 0 Å². The minimum absolute atomic E-state index is 0.0712. The van der Waals surface area contributed by atoms with Crippen LogP contribution in [0.4, 0.5) is 5.82 Å². The van der Waals surface area contributed by atoms with Crippen LogP contribution in [0.2, 0.25) is 0 Å². The Kier molecular flexibility index (Phi) is 3.13. The van der Waals surface area contributed by atoms with Gasteiger partial charge in [0.05, 0.1) is 18.9 Å². The zero-order valence-electron chi connectivity index (χ0n) is 10.8. The van der Waals surface area contributed by atoms with E-state index < -0.39 is 0 Å². The normalized spacial score (nSPS) is 18.7. The molecule has 1 saturated heterocycles. The highest BCUT2D eigenvalue weighted by atomic mass is 16.5. The molecular formula is C14H17N3O2. The summed E-state index contributed by atoms with van der Waals surface area (Å²) in [5, 5.41) is 7.13. The number of nitrogens with zero attached hydrogens (tertiary/aromatic N) is 1. The molecule has 1 atom stereocenters. The van der Waals surface area contributed by atoms with Crippen LogP contribution in [0.25, 0.3) is 11.1 Å². The van der Waals surface area contributed by atoms with Gasteiger partial charge in [-0.3, -0.25) is 5.10 Å². The van der Waals surface area contributed by atoms with Gasteiger partial charge in [0.1, 0.15) is 5.75 Å². The van der Waals surface area contributed by atoms with Crippen molar-refractivity contribution in [1.29, 1.82) is 0 Å². The van der Waals surface area contributed by atoms with Gasteiger partial charge in [0.25, 0.3) is 0 Å². The van der Waals surface area contributed by atoms with Gasteiger partial charge in [0.15, 0.2) is 5.82 Å². The van der Waals surface area contributed by atoms with Crippen molar-refractivity contribution in [2.24, 2.45) is 0 Å². The topological polar surface area (TPSA) is 73.2 Å². The van der Waals surface area contributed by atoms with E-state index in [1.54, 1.807) is 7.11 Å². The number of nitrogens with two attached hydrogens (primary N) is 1. The van der Waals surface area contributed by atoms with Gasteiger partial charge in [0.2, 0.25) is 0 Å². The lowest BCUT2D eigenvalue weighted by Crippen LogP contribution is -1.99. The maximum atomic E-state index is 5.98. The third-order valence-electron chi connectivity index (χ3n) is 3.45. The summed E-state index contributed by atoms with van der Waals surface area (Å²) in [7, 11) is 1.65. The fourth-order valence-electron chi connectivity index (χ4n) is 2.47. The molecule has 5 heteroatoms. The first-order valence-electron chi connectivity index (χ1n) is 6.39. The van der Waals surface area contributed by atoms with E-state index in [0.717, 1.165) is 42.0 Å². The molecule has 1 aliphatic rings.